The largest absolute Gasteiger partial charge is 0.497 e. The normalized spacial score (nSPS) is 12.7. The summed E-state index contributed by atoms with van der Waals surface area (Å²) in [5.41, 5.74) is 0.639. The summed E-state index contributed by atoms with van der Waals surface area (Å²) < 4.78 is 20.3. The third-order valence-electron chi connectivity index (χ3n) is 4.72. The highest BCUT2D eigenvalue weighted by atomic mass is 19.1. The summed E-state index contributed by atoms with van der Waals surface area (Å²) in [6.45, 7) is -0.0423. The molecule has 0 saturated carbocycles. The molecule has 2 aromatic carbocycles. The fourth-order valence-corrected chi connectivity index (χ4v) is 3.18. The summed E-state index contributed by atoms with van der Waals surface area (Å²) in [7, 11) is 1.57. The molecule has 1 N–H and O–H groups in total. The molecule has 1 aromatic heterocycles. The second-order valence-corrected chi connectivity index (χ2v) is 6.65. The van der Waals surface area contributed by atoms with E-state index in [-0.39, 0.29) is 25.5 Å². The fraction of sp³-hybridized carbons (Fsp3) is 0.200. The van der Waals surface area contributed by atoms with Gasteiger partial charge in [-0.15, -0.1) is 0 Å². The Labute approximate surface area is 170 Å². The lowest BCUT2D eigenvalue weighted by molar-refractivity contribution is -0.122. The Kier molecular flexibility index (Phi) is 5.05. The van der Waals surface area contributed by atoms with Crippen molar-refractivity contribution in [2.24, 2.45) is 0 Å². The molecule has 9 nitrogen and oxygen atoms in total. The maximum Gasteiger partial charge on any atom is 0.365 e. The van der Waals surface area contributed by atoms with Crippen LogP contribution in [-0.4, -0.2) is 33.4 Å². The second-order valence-electron chi connectivity index (χ2n) is 6.65. The molecule has 0 fully saturated rings. The van der Waals surface area contributed by atoms with Crippen LogP contribution in [0.1, 0.15) is 11.4 Å². The summed E-state index contributed by atoms with van der Waals surface area (Å²) in [6, 6.07) is 12.0. The Bertz CT molecular complexity index is 1150. The monoisotopic (exact) mass is 411 g/mol. The molecule has 0 radical (unpaired) electrons. The summed E-state index contributed by atoms with van der Waals surface area (Å²) in [6.07, 6.45) is 0. The van der Waals surface area contributed by atoms with Crippen molar-refractivity contribution in [1.82, 2.24) is 19.7 Å². The Morgan fingerprint density at radius 2 is 1.83 bits per heavy atom. The minimum atomic E-state index is -0.684. The molecular weight excluding hydrogens is 393 g/mol. The van der Waals surface area contributed by atoms with Gasteiger partial charge in [0.2, 0.25) is 5.91 Å². The highest BCUT2D eigenvalue weighted by Crippen LogP contribution is 2.23. The van der Waals surface area contributed by atoms with Crippen LogP contribution in [0.25, 0.3) is 0 Å². The second kappa shape index (κ2) is 7.82. The predicted molar refractivity (Wildman–Crippen MR) is 105 cm³/mol. The van der Waals surface area contributed by atoms with Gasteiger partial charge in [0.15, 0.2) is 5.82 Å². The Morgan fingerprint density at radius 1 is 1.13 bits per heavy atom. The molecule has 0 spiro atoms. The van der Waals surface area contributed by atoms with Crippen LogP contribution in [0.15, 0.2) is 53.3 Å². The summed E-state index contributed by atoms with van der Waals surface area (Å²) >= 11 is 0. The number of amides is 2. The number of benzene rings is 2. The van der Waals surface area contributed by atoms with E-state index in [0.717, 1.165) is 14.9 Å². The number of carbonyl (C=O) groups is 2. The zero-order valence-electron chi connectivity index (χ0n) is 16.0. The number of hydrogen-bond donors (Lipinski definition) is 1. The molecule has 1 aliphatic heterocycles. The molecule has 10 heteroatoms. The van der Waals surface area contributed by atoms with Crippen molar-refractivity contribution < 1.29 is 18.7 Å². The molecule has 0 unspecified atom stereocenters. The Morgan fingerprint density at radius 3 is 2.50 bits per heavy atom. The lowest BCUT2D eigenvalue weighted by atomic mass is 10.2. The predicted octanol–water partition coefficient (Wildman–Crippen LogP) is 1.50. The van der Waals surface area contributed by atoms with Crippen molar-refractivity contribution in [1.29, 1.82) is 0 Å². The number of hydrogen-bond acceptors (Lipinski definition) is 5. The highest BCUT2D eigenvalue weighted by Gasteiger charge is 2.33. The number of methoxy groups -OCH3 is 1. The minimum absolute atomic E-state index is 0.0557. The van der Waals surface area contributed by atoms with Gasteiger partial charge in [-0.1, -0.05) is 12.1 Å². The molecule has 0 bridgehead atoms. The first-order chi connectivity index (χ1) is 14.5. The van der Waals surface area contributed by atoms with Crippen molar-refractivity contribution in [2.45, 2.75) is 19.6 Å². The van der Waals surface area contributed by atoms with Gasteiger partial charge in [-0.3, -0.25) is 9.69 Å². The molecule has 154 valence electrons. The van der Waals surface area contributed by atoms with Crippen LogP contribution in [0.3, 0.4) is 0 Å². The number of anilines is 1. The Balaban J connectivity index is 1.46. The third kappa shape index (κ3) is 3.66. The summed E-state index contributed by atoms with van der Waals surface area (Å²) in [4.78, 5) is 42.5. The van der Waals surface area contributed by atoms with Crippen molar-refractivity contribution in [2.75, 3.05) is 12.0 Å². The van der Waals surface area contributed by atoms with E-state index in [1.54, 1.807) is 19.2 Å². The van der Waals surface area contributed by atoms with E-state index in [1.807, 2.05) is 12.1 Å². The maximum atomic E-state index is 13.2. The summed E-state index contributed by atoms with van der Waals surface area (Å²) in [5, 5.41) is 2.71. The van der Waals surface area contributed by atoms with Crippen LogP contribution < -0.4 is 20.6 Å². The SMILES string of the molecule is COc1ccc(CNC(=O)Cn2c(=O)nc3n2C(=O)N(c2ccc(F)cc2)C3)cc1. The van der Waals surface area contributed by atoms with E-state index in [9.17, 15) is 18.8 Å². The lowest BCUT2D eigenvalue weighted by Gasteiger charge is -2.15. The van der Waals surface area contributed by atoms with Crippen molar-refractivity contribution >= 4 is 17.6 Å². The van der Waals surface area contributed by atoms with Gasteiger partial charge in [-0.2, -0.15) is 9.67 Å². The molecule has 4 rings (SSSR count). The standard InChI is InChI=1S/C20H18FN5O4/c1-30-16-8-2-13(3-9-16)10-22-18(27)12-25-19(28)23-17-11-24(20(29)26(17)25)15-6-4-14(21)5-7-15/h2-9H,10-12H2,1H3,(H,22,27). The van der Waals surface area contributed by atoms with E-state index < -0.39 is 23.4 Å². The van der Waals surface area contributed by atoms with E-state index >= 15 is 0 Å². The molecule has 2 heterocycles. The maximum absolute atomic E-state index is 13.2. The van der Waals surface area contributed by atoms with Crippen LogP contribution in [0, 0.1) is 5.82 Å². The van der Waals surface area contributed by atoms with Gasteiger partial charge in [0.05, 0.1) is 13.7 Å². The van der Waals surface area contributed by atoms with Crippen LogP contribution in [0.5, 0.6) is 5.75 Å². The molecule has 0 aliphatic carbocycles. The number of nitrogens with zero attached hydrogens (tertiary/aromatic N) is 4. The topological polar surface area (TPSA) is 98.5 Å². The number of aromatic nitrogens is 3. The average Bonchev–Trinajstić information content (AvgIpc) is 3.23. The zero-order valence-corrected chi connectivity index (χ0v) is 16.0. The molecule has 30 heavy (non-hydrogen) atoms. The number of halogens is 1. The molecule has 2 amide bonds. The van der Waals surface area contributed by atoms with Crippen molar-refractivity contribution in [3.63, 3.8) is 0 Å². The van der Waals surface area contributed by atoms with Crippen LogP contribution in [0.4, 0.5) is 14.9 Å². The first-order valence-electron chi connectivity index (χ1n) is 9.12. The Hall–Kier alpha value is -3.95. The van der Waals surface area contributed by atoms with Crippen LogP contribution in [0.2, 0.25) is 0 Å². The fourth-order valence-electron chi connectivity index (χ4n) is 3.18. The van der Waals surface area contributed by atoms with E-state index in [4.69, 9.17) is 4.74 Å². The molecule has 3 aromatic rings. The van der Waals surface area contributed by atoms with Crippen LogP contribution >= 0.6 is 0 Å². The minimum Gasteiger partial charge on any atom is -0.497 e. The van der Waals surface area contributed by atoms with Gasteiger partial charge < -0.3 is 10.1 Å². The van der Waals surface area contributed by atoms with Gasteiger partial charge in [-0.25, -0.2) is 18.7 Å². The van der Waals surface area contributed by atoms with Gasteiger partial charge in [0.25, 0.3) is 0 Å². The molecule has 1 aliphatic rings. The van der Waals surface area contributed by atoms with Gasteiger partial charge in [0, 0.05) is 12.2 Å². The van der Waals surface area contributed by atoms with E-state index in [2.05, 4.69) is 10.3 Å². The molecular formula is C20H18FN5O4. The van der Waals surface area contributed by atoms with E-state index in [1.165, 1.54) is 29.2 Å². The molecule has 0 saturated heterocycles. The number of nitrogens with one attached hydrogen (secondary N) is 1. The third-order valence-corrected chi connectivity index (χ3v) is 4.72. The average molecular weight is 411 g/mol. The first kappa shape index (κ1) is 19.4. The van der Waals surface area contributed by atoms with E-state index in [0.29, 0.717) is 11.4 Å². The lowest BCUT2D eigenvalue weighted by Crippen LogP contribution is -2.38. The number of ether oxygens (including phenoxy) is 1. The van der Waals surface area contributed by atoms with Crippen LogP contribution in [-0.2, 0) is 24.4 Å². The van der Waals surface area contributed by atoms with Gasteiger partial charge >= 0.3 is 11.7 Å². The number of rotatable bonds is 6. The quantitative estimate of drug-likeness (QED) is 0.663. The molecule has 0 atom stereocenters. The van der Waals surface area contributed by atoms with Crippen molar-refractivity contribution in [3.05, 3.63) is 76.2 Å². The highest BCUT2D eigenvalue weighted by molar-refractivity contribution is 5.95. The van der Waals surface area contributed by atoms with Crippen molar-refractivity contribution in [3.8, 4) is 5.75 Å². The number of carbonyl (C=O) groups excluding carboxylic acids is 2. The smallest absolute Gasteiger partial charge is 0.365 e. The van der Waals surface area contributed by atoms with Gasteiger partial charge in [0.1, 0.15) is 18.1 Å². The van der Waals surface area contributed by atoms with Gasteiger partial charge in [-0.05, 0) is 42.0 Å². The zero-order chi connectivity index (χ0) is 21.3. The number of fused-ring (bicyclic) bond motifs is 1. The first-order valence-corrected chi connectivity index (χ1v) is 9.12. The summed E-state index contributed by atoms with van der Waals surface area (Å²) in [5.74, 6) is 0.0603.